The van der Waals surface area contributed by atoms with Gasteiger partial charge in [-0.3, -0.25) is 0 Å². The van der Waals surface area contributed by atoms with Crippen molar-refractivity contribution in [1.29, 1.82) is 0 Å². The van der Waals surface area contributed by atoms with Crippen LogP contribution in [0, 0.1) is 6.92 Å². The molecular formula is C18H25N3O2. The third kappa shape index (κ3) is 3.74. The molecular weight excluding hydrogens is 290 g/mol. The van der Waals surface area contributed by atoms with Crippen molar-refractivity contribution in [2.75, 3.05) is 0 Å². The summed E-state index contributed by atoms with van der Waals surface area (Å²) < 4.78 is 8.07. The molecule has 2 aromatic rings. The second-order valence-electron chi connectivity index (χ2n) is 6.29. The van der Waals surface area contributed by atoms with E-state index in [4.69, 9.17) is 4.74 Å². The highest BCUT2D eigenvalue weighted by Crippen LogP contribution is 2.26. The Morgan fingerprint density at radius 1 is 1.35 bits per heavy atom. The van der Waals surface area contributed by atoms with Crippen LogP contribution in [0.2, 0.25) is 0 Å². The van der Waals surface area contributed by atoms with E-state index in [0.29, 0.717) is 6.54 Å². The predicted octanol–water partition coefficient (Wildman–Crippen LogP) is 2.18. The van der Waals surface area contributed by atoms with E-state index >= 15 is 0 Å². The lowest BCUT2D eigenvalue weighted by Crippen LogP contribution is -2.51. The first-order chi connectivity index (χ1) is 11.1. The molecule has 0 bridgehead atoms. The molecule has 1 aromatic carbocycles. The van der Waals surface area contributed by atoms with Crippen molar-refractivity contribution >= 4 is 0 Å². The molecule has 1 aliphatic rings. The number of nitrogens with zero attached hydrogens (tertiary/aromatic N) is 2. The molecule has 3 atom stereocenters. The summed E-state index contributed by atoms with van der Waals surface area (Å²) in [6.45, 7) is 2.68. The Balaban J connectivity index is 1.60. The maximum atomic E-state index is 10.7. The van der Waals surface area contributed by atoms with Crippen molar-refractivity contribution in [3.8, 4) is 5.75 Å². The molecule has 3 rings (SSSR count). The average Bonchev–Trinajstić information content (AvgIpc) is 2.95. The van der Waals surface area contributed by atoms with Gasteiger partial charge in [-0.05, 0) is 37.8 Å². The van der Waals surface area contributed by atoms with E-state index in [1.807, 2.05) is 49.0 Å². The van der Waals surface area contributed by atoms with Crippen LogP contribution >= 0.6 is 0 Å². The van der Waals surface area contributed by atoms with Crippen LogP contribution in [-0.4, -0.2) is 32.9 Å². The van der Waals surface area contributed by atoms with E-state index in [1.54, 1.807) is 6.20 Å². The molecule has 0 aliphatic heterocycles. The second kappa shape index (κ2) is 7.15. The second-order valence-corrected chi connectivity index (χ2v) is 6.29. The van der Waals surface area contributed by atoms with Gasteiger partial charge in [0.2, 0.25) is 0 Å². The normalized spacial score (nSPS) is 24.6. The number of ether oxygens (including phenoxy) is 1. The van der Waals surface area contributed by atoms with Gasteiger partial charge in [0.25, 0.3) is 0 Å². The minimum atomic E-state index is -0.511. The molecule has 124 valence electrons. The minimum absolute atomic E-state index is 0.0365. The van der Waals surface area contributed by atoms with Crippen LogP contribution in [0.4, 0.5) is 0 Å². The number of nitrogens with one attached hydrogen (secondary N) is 1. The number of benzene rings is 1. The number of rotatable bonds is 5. The van der Waals surface area contributed by atoms with Crippen LogP contribution < -0.4 is 10.1 Å². The number of aliphatic hydroxyl groups excluding tert-OH is 1. The van der Waals surface area contributed by atoms with E-state index in [2.05, 4.69) is 10.3 Å². The van der Waals surface area contributed by atoms with Crippen LogP contribution in [0.25, 0.3) is 0 Å². The topological polar surface area (TPSA) is 59.3 Å². The summed E-state index contributed by atoms with van der Waals surface area (Å²) in [6, 6.07) is 7.99. The van der Waals surface area contributed by atoms with Gasteiger partial charge in [-0.2, -0.15) is 0 Å². The molecule has 1 saturated carbocycles. The van der Waals surface area contributed by atoms with Crippen molar-refractivity contribution in [3.05, 3.63) is 48.0 Å². The third-order valence-electron chi connectivity index (χ3n) is 4.61. The summed E-state index contributed by atoms with van der Waals surface area (Å²) in [5.74, 6) is 1.83. The quantitative estimate of drug-likeness (QED) is 0.888. The first-order valence-corrected chi connectivity index (χ1v) is 8.25. The predicted molar refractivity (Wildman–Crippen MR) is 89.3 cm³/mol. The van der Waals surface area contributed by atoms with E-state index in [1.165, 1.54) is 0 Å². The molecule has 5 nitrogen and oxygen atoms in total. The zero-order valence-electron chi connectivity index (χ0n) is 13.8. The van der Waals surface area contributed by atoms with Crippen LogP contribution in [0.5, 0.6) is 5.75 Å². The maximum Gasteiger partial charge on any atom is 0.126 e. The van der Waals surface area contributed by atoms with E-state index in [9.17, 15) is 5.11 Å². The molecule has 0 spiro atoms. The molecule has 2 N–H and O–H groups in total. The van der Waals surface area contributed by atoms with Gasteiger partial charge in [-0.1, -0.05) is 18.2 Å². The van der Waals surface area contributed by atoms with Gasteiger partial charge in [-0.15, -0.1) is 0 Å². The van der Waals surface area contributed by atoms with Crippen LogP contribution in [0.1, 0.15) is 30.7 Å². The SMILES string of the molecule is Cc1ccccc1O[C@@H]1CCC[C@H](NCc2nccn2C)[C@H]1O. The van der Waals surface area contributed by atoms with E-state index < -0.39 is 6.10 Å². The van der Waals surface area contributed by atoms with Gasteiger partial charge < -0.3 is 19.7 Å². The molecule has 5 heteroatoms. The lowest BCUT2D eigenvalue weighted by atomic mass is 9.89. The fraction of sp³-hybridized carbons (Fsp3) is 0.500. The monoisotopic (exact) mass is 315 g/mol. The Morgan fingerprint density at radius 3 is 2.91 bits per heavy atom. The molecule has 1 aliphatic carbocycles. The highest BCUT2D eigenvalue weighted by molar-refractivity contribution is 5.32. The van der Waals surface area contributed by atoms with Crippen molar-refractivity contribution in [1.82, 2.24) is 14.9 Å². The molecule has 0 unspecified atom stereocenters. The molecule has 1 aromatic heterocycles. The number of hydrogen-bond acceptors (Lipinski definition) is 4. The minimum Gasteiger partial charge on any atom is -0.487 e. The Labute approximate surface area is 137 Å². The van der Waals surface area contributed by atoms with Gasteiger partial charge >= 0.3 is 0 Å². The fourth-order valence-corrected chi connectivity index (χ4v) is 3.13. The summed E-state index contributed by atoms with van der Waals surface area (Å²) in [5, 5.41) is 14.1. The van der Waals surface area contributed by atoms with Crippen LogP contribution in [0.15, 0.2) is 36.7 Å². The summed E-state index contributed by atoms with van der Waals surface area (Å²) >= 11 is 0. The van der Waals surface area contributed by atoms with Gasteiger partial charge in [0.1, 0.15) is 23.8 Å². The lowest BCUT2D eigenvalue weighted by Gasteiger charge is -2.35. The van der Waals surface area contributed by atoms with Crippen molar-refractivity contribution in [3.63, 3.8) is 0 Å². The van der Waals surface area contributed by atoms with Gasteiger partial charge in [0.05, 0.1) is 6.54 Å². The summed E-state index contributed by atoms with van der Waals surface area (Å²) in [5.41, 5.74) is 1.10. The zero-order valence-corrected chi connectivity index (χ0v) is 13.8. The van der Waals surface area contributed by atoms with Gasteiger partial charge in [0, 0.05) is 25.5 Å². The molecule has 0 saturated heterocycles. The summed E-state index contributed by atoms with van der Waals surface area (Å²) in [4.78, 5) is 4.31. The standard InChI is InChI=1S/C18H25N3O2/c1-13-6-3-4-8-15(13)23-16-9-5-7-14(18(16)22)20-12-17-19-10-11-21(17)2/h3-4,6,8,10-11,14,16,18,20,22H,5,7,9,12H2,1-2H3/t14-,16+,18+/m0/s1. The molecule has 1 heterocycles. The molecule has 1 fully saturated rings. The van der Waals surface area contributed by atoms with Crippen LogP contribution in [-0.2, 0) is 13.6 Å². The molecule has 23 heavy (non-hydrogen) atoms. The number of aromatic nitrogens is 2. The van der Waals surface area contributed by atoms with E-state index in [0.717, 1.165) is 36.4 Å². The molecule has 0 radical (unpaired) electrons. The Kier molecular flexibility index (Phi) is 4.98. The number of hydrogen-bond donors (Lipinski definition) is 2. The fourth-order valence-electron chi connectivity index (χ4n) is 3.13. The van der Waals surface area contributed by atoms with Gasteiger partial charge in [-0.25, -0.2) is 4.98 Å². The maximum absolute atomic E-state index is 10.7. The first kappa shape index (κ1) is 16.0. The zero-order chi connectivity index (χ0) is 16.2. The highest BCUT2D eigenvalue weighted by Gasteiger charge is 2.33. The summed E-state index contributed by atoms with van der Waals surface area (Å²) in [7, 11) is 1.98. The first-order valence-electron chi connectivity index (χ1n) is 8.25. The average molecular weight is 315 g/mol. The highest BCUT2D eigenvalue weighted by atomic mass is 16.5. The smallest absolute Gasteiger partial charge is 0.126 e. The molecule has 0 amide bonds. The summed E-state index contributed by atoms with van der Waals surface area (Å²) in [6.07, 6.45) is 5.94. The Hall–Kier alpha value is -1.85. The Bertz CT molecular complexity index is 641. The number of aliphatic hydroxyl groups is 1. The number of para-hydroxylation sites is 1. The van der Waals surface area contributed by atoms with Crippen molar-refractivity contribution in [2.24, 2.45) is 7.05 Å². The van der Waals surface area contributed by atoms with Crippen LogP contribution in [0.3, 0.4) is 0 Å². The Morgan fingerprint density at radius 2 is 2.17 bits per heavy atom. The number of aryl methyl sites for hydroxylation is 2. The largest absolute Gasteiger partial charge is 0.487 e. The lowest BCUT2D eigenvalue weighted by molar-refractivity contribution is -0.0162. The third-order valence-corrected chi connectivity index (χ3v) is 4.61. The van der Waals surface area contributed by atoms with Gasteiger partial charge in [0.15, 0.2) is 0 Å². The number of imidazole rings is 1. The van der Waals surface area contributed by atoms with Crippen molar-refractivity contribution in [2.45, 2.75) is 51.0 Å². The van der Waals surface area contributed by atoms with E-state index in [-0.39, 0.29) is 12.1 Å². The van der Waals surface area contributed by atoms with Crippen molar-refractivity contribution < 1.29 is 9.84 Å².